The lowest BCUT2D eigenvalue weighted by Crippen LogP contribution is -2.53. The second kappa shape index (κ2) is 7.64. The monoisotopic (exact) mass is 410 g/mol. The van der Waals surface area contributed by atoms with Crippen molar-refractivity contribution in [3.05, 3.63) is 52.8 Å². The van der Waals surface area contributed by atoms with Crippen LogP contribution in [-0.2, 0) is 5.54 Å². The van der Waals surface area contributed by atoms with Crippen LogP contribution in [0.4, 0.5) is 19.3 Å². The second-order valence-corrected chi connectivity index (χ2v) is 6.91. The molecular formula is C17H17ClF2N6O2. The van der Waals surface area contributed by atoms with E-state index in [-0.39, 0.29) is 16.9 Å². The molecule has 2 aromatic rings. The quantitative estimate of drug-likeness (QED) is 0.537. The third-order valence-electron chi connectivity index (χ3n) is 4.57. The first kappa shape index (κ1) is 19.9. The molecule has 6 N–H and O–H groups in total. The first-order valence-corrected chi connectivity index (χ1v) is 8.62. The molecular weight excluding hydrogens is 394 g/mol. The predicted octanol–water partition coefficient (Wildman–Crippen LogP) is 1.70. The number of primary amides is 1. The van der Waals surface area contributed by atoms with Gasteiger partial charge in [0.25, 0.3) is 5.91 Å². The molecule has 0 saturated heterocycles. The Kier molecular flexibility index (Phi) is 5.43. The van der Waals surface area contributed by atoms with Gasteiger partial charge in [-0.2, -0.15) is 4.39 Å². The maximum absolute atomic E-state index is 14.5. The molecule has 0 bridgehead atoms. The highest BCUT2D eigenvalue weighted by Crippen LogP contribution is 2.46. The van der Waals surface area contributed by atoms with Gasteiger partial charge in [-0.3, -0.25) is 4.79 Å². The minimum atomic E-state index is -1.78. The number of anilines is 1. The zero-order valence-corrected chi connectivity index (χ0v) is 15.2. The summed E-state index contributed by atoms with van der Waals surface area (Å²) in [7, 11) is 0. The average Bonchev–Trinajstić information content (AvgIpc) is 3.39. The average molecular weight is 411 g/mol. The van der Waals surface area contributed by atoms with Crippen LogP contribution in [0.25, 0.3) is 0 Å². The van der Waals surface area contributed by atoms with E-state index in [0.717, 1.165) is 6.20 Å². The molecule has 2 aromatic heterocycles. The predicted molar refractivity (Wildman–Crippen MR) is 97.8 cm³/mol. The molecule has 148 valence electrons. The van der Waals surface area contributed by atoms with Crippen molar-refractivity contribution in [3.8, 4) is 0 Å². The van der Waals surface area contributed by atoms with E-state index in [0.29, 0.717) is 11.4 Å². The number of nitrogens with two attached hydrogens (primary N) is 2. The normalized spacial score (nSPS) is 20.1. The summed E-state index contributed by atoms with van der Waals surface area (Å²) in [6.07, 6.45) is 2.73. The molecule has 0 aromatic carbocycles. The minimum Gasteiger partial charge on any atom is -0.352 e. The molecule has 3 rings (SSSR count). The third-order valence-corrected chi connectivity index (χ3v) is 4.79. The van der Waals surface area contributed by atoms with Crippen LogP contribution < -0.4 is 22.1 Å². The van der Waals surface area contributed by atoms with Crippen molar-refractivity contribution in [1.82, 2.24) is 15.3 Å². The molecule has 2 heterocycles. The molecule has 3 amide bonds. The van der Waals surface area contributed by atoms with Crippen LogP contribution >= 0.6 is 11.6 Å². The molecule has 1 aliphatic carbocycles. The summed E-state index contributed by atoms with van der Waals surface area (Å²) < 4.78 is 28.5. The number of nitrogens with zero attached hydrogens (tertiary/aromatic N) is 2. The van der Waals surface area contributed by atoms with Crippen LogP contribution in [0.1, 0.15) is 22.5 Å². The third kappa shape index (κ3) is 3.87. The SMILES string of the molecule is NC(=O)N[C@](CF)(c1cc(NC(=O)c2ccc(Cl)cn2)cnc1F)[C@H]1C[C@H]1N. The van der Waals surface area contributed by atoms with Crippen molar-refractivity contribution in [2.75, 3.05) is 12.0 Å². The fraction of sp³-hybridized carbons (Fsp3) is 0.294. The number of pyridine rings is 2. The highest BCUT2D eigenvalue weighted by Gasteiger charge is 2.54. The van der Waals surface area contributed by atoms with E-state index >= 15 is 0 Å². The number of hydrogen-bond acceptors (Lipinski definition) is 5. The molecule has 0 unspecified atom stereocenters. The molecule has 11 heteroatoms. The van der Waals surface area contributed by atoms with Crippen LogP contribution in [0, 0.1) is 11.9 Å². The van der Waals surface area contributed by atoms with E-state index in [2.05, 4.69) is 20.6 Å². The number of carbonyl (C=O) groups excluding carboxylic acids is 2. The molecule has 0 aliphatic heterocycles. The number of aromatic nitrogens is 2. The fourth-order valence-corrected chi connectivity index (χ4v) is 3.21. The van der Waals surface area contributed by atoms with Gasteiger partial charge in [0.05, 0.1) is 16.9 Å². The minimum absolute atomic E-state index is 0.0616. The zero-order chi connectivity index (χ0) is 20.5. The summed E-state index contributed by atoms with van der Waals surface area (Å²) in [5, 5.41) is 5.12. The maximum atomic E-state index is 14.5. The van der Waals surface area contributed by atoms with Crippen LogP contribution in [0.5, 0.6) is 0 Å². The molecule has 1 aliphatic rings. The molecule has 1 fully saturated rings. The number of halogens is 3. The number of rotatable bonds is 6. The van der Waals surface area contributed by atoms with Gasteiger partial charge in [-0.25, -0.2) is 19.2 Å². The van der Waals surface area contributed by atoms with E-state index in [1.165, 1.54) is 24.4 Å². The number of alkyl halides is 1. The second-order valence-electron chi connectivity index (χ2n) is 6.48. The number of carbonyl (C=O) groups is 2. The van der Waals surface area contributed by atoms with Crippen molar-refractivity contribution in [2.24, 2.45) is 17.4 Å². The maximum Gasteiger partial charge on any atom is 0.312 e. The molecule has 8 nitrogen and oxygen atoms in total. The van der Waals surface area contributed by atoms with Crippen molar-refractivity contribution in [1.29, 1.82) is 0 Å². The molecule has 1 saturated carbocycles. The summed E-state index contributed by atoms with van der Waals surface area (Å²) in [5.41, 5.74) is 9.09. The Morgan fingerprint density at radius 3 is 2.57 bits per heavy atom. The number of amides is 3. The molecule has 0 spiro atoms. The first-order valence-electron chi connectivity index (χ1n) is 8.25. The Labute approximate surface area is 163 Å². The smallest absolute Gasteiger partial charge is 0.312 e. The Bertz CT molecular complexity index is 913. The molecule has 3 atom stereocenters. The van der Waals surface area contributed by atoms with Gasteiger partial charge in [0.2, 0.25) is 5.95 Å². The lowest BCUT2D eigenvalue weighted by molar-refractivity contribution is 0.102. The lowest BCUT2D eigenvalue weighted by Gasteiger charge is -2.32. The van der Waals surface area contributed by atoms with Crippen molar-refractivity contribution >= 4 is 29.2 Å². The van der Waals surface area contributed by atoms with Crippen LogP contribution in [-0.4, -0.2) is 34.6 Å². The van der Waals surface area contributed by atoms with E-state index < -0.39 is 42.1 Å². The van der Waals surface area contributed by atoms with Gasteiger partial charge in [0.15, 0.2) is 0 Å². The Morgan fingerprint density at radius 1 is 1.32 bits per heavy atom. The highest BCUT2D eigenvalue weighted by molar-refractivity contribution is 6.30. The summed E-state index contributed by atoms with van der Waals surface area (Å²) >= 11 is 5.73. The topological polar surface area (TPSA) is 136 Å². The van der Waals surface area contributed by atoms with Crippen LogP contribution in [0.3, 0.4) is 0 Å². The van der Waals surface area contributed by atoms with Gasteiger partial charge in [-0.05, 0) is 24.6 Å². The van der Waals surface area contributed by atoms with Crippen LogP contribution in [0.15, 0.2) is 30.6 Å². The van der Waals surface area contributed by atoms with Gasteiger partial charge in [0.1, 0.15) is 17.9 Å². The molecule has 28 heavy (non-hydrogen) atoms. The van der Waals surface area contributed by atoms with E-state index in [4.69, 9.17) is 23.1 Å². The van der Waals surface area contributed by atoms with Crippen molar-refractivity contribution in [3.63, 3.8) is 0 Å². The van der Waals surface area contributed by atoms with Gasteiger partial charge >= 0.3 is 6.03 Å². The standard InChI is InChI=1S/C17H17ClF2N6O2/c18-8-1-2-13(23-5-8)15(27)25-9-3-11(14(20)24-6-9)17(7-19,26-16(22)28)10-4-12(10)21/h1-3,5-6,10,12H,4,7,21H2,(H,25,27)(H3,22,26,28)/t10-,12+,17-/m0/s1. The zero-order valence-electron chi connectivity index (χ0n) is 14.5. The Morgan fingerprint density at radius 2 is 2.04 bits per heavy atom. The number of hydrogen-bond donors (Lipinski definition) is 4. The highest BCUT2D eigenvalue weighted by atomic mass is 35.5. The summed E-state index contributed by atoms with van der Waals surface area (Å²) in [6.45, 7) is -1.15. The van der Waals surface area contributed by atoms with E-state index in [9.17, 15) is 18.4 Å². The van der Waals surface area contributed by atoms with Gasteiger partial charge < -0.3 is 22.1 Å². The van der Waals surface area contributed by atoms with Crippen molar-refractivity contribution in [2.45, 2.75) is 18.0 Å². The largest absolute Gasteiger partial charge is 0.352 e. The van der Waals surface area contributed by atoms with Gasteiger partial charge in [0, 0.05) is 23.7 Å². The number of nitrogens with one attached hydrogen (secondary N) is 2. The Balaban J connectivity index is 1.94. The van der Waals surface area contributed by atoms with Gasteiger partial charge in [-0.15, -0.1) is 0 Å². The first-order chi connectivity index (χ1) is 13.3. The van der Waals surface area contributed by atoms with E-state index in [1.807, 2.05) is 0 Å². The Hall–Kier alpha value is -2.85. The number of urea groups is 1. The summed E-state index contributed by atoms with van der Waals surface area (Å²) in [4.78, 5) is 31.2. The summed E-state index contributed by atoms with van der Waals surface area (Å²) in [6, 6.07) is 2.61. The molecule has 0 radical (unpaired) electrons. The van der Waals surface area contributed by atoms with Gasteiger partial charge in [-0.1, -0.05) is 11.6 Å². The fourth-order valence-electron chi connectivity index (χ4n) is 3.10. The van der Waals surface area contributed by atoms with Crippen LogP contribution in [0.2, 0.25) is 5.02 Å². The summed E-state index contributed by atoms with van der Waals surface area (Å²) in [5.74, 6) is -2.17. The lowest BCUT2D eigenvalue weighted by atomic mass is 9.86. The van der Waals surface area contributed by atoms with Crippen molar-refractivity contribution < 1.29 is 18.4 Å². The van der Waals surface area contributed by atoms with E-state index in [1.54, 1.807) is 0 Å².